The van der Waals surface area contributed by atoms with Gasteiger partial charge in [-0.2, -0.15) is 13.2 Å². The third-order valence-corrected chi connectivity index (χ3v) is 7.48. The van der Waals surface area contributed by atoms with Crippen LogP contribution in [0.1, 0.15) is 42.6 Å². The maximum absolute atomic E-state index is 13.3. The molecule has 0 saturated carbocycles. The van der Waals surface area contributed by atoms with E-state index in [-0.39, 0.29) is 35.4 Å². The molecule has 2 aromatic heterocycles. The first-order valence-electron chi connectivity index (χ1n) is 10.3. The van der Waals surface area contributed by atoms with Crippen molar-refractivity contribution in [2.45, 2.75) is 43.9 Å². The van der Waals surface area contributed by atoms with Gasteiger partial charge in [0.15, 0.2) is 9.84 Å². The lowest BCUT2D eigenvalue weighted by Gasteiger charge is -2.47. The van der Waals surface area contributed by atoms with E-state index in [0.717, 1.165) is 18.5 Å². The van der Waals surface area contributed by atoms with Gasteiger partial charge in [-0.15, -0.1) is 0 Å². The Hall–Kier alpha value is -3.22. The van der Waals surface area contributed by atoms with E-state index in [2.05, 4.69) is 15.0 Å². The van der Waals surface area contributed by atoms with Crippen LogP contribution in [0.5, 0.6) is 0 Å². The molecule has 0 spiro atoms. The summed E-state index contributed by atoms with van der Waals surface area (Å²) in [6.07, 6.45) is -2.65. The molecule has 1 aliphatic heterocycles. The lowest BCUT2D eigenvalue weighted by Crippen LogP contribution is -2.55. The fourth-order valence-electron chi connectivity index (χ4n) is 4.31. The van der Waals surface area contributed by atoms with E-state index in [0.29, 0.717) is 11.3 Å². The zero-order valence-corrected chi connectivity index (χ0v) is 19.6. The van der Waals surface area contributed by atoms with Crippen molar-refractivity contribution in [3.8, 4) is 0 Å². The summed E-state index contributed by atoms with van der Waals surface area (Å²) in [7, 11) is -3.85. The number of sulfone groups is 1. The Labute approximate surface area is 193 Å². The number of aromatic nitrogens is 4. The Morgan fingerprint density at radius 1 is 1.21 bits per heavy atom. The molecule has 9 nitrogen and oxygen atoms in total. The number of carboxylic acids is 1. The number of benzene rings is 1. The van der Waals surface area contributed by atoms with Crippen LogP contribution in [0.4, 0.5) is 19.1 Å². The molecule has 1 aliphatic rings. The molecule has 0 fully saturated rings. The number of fused-ring (bicyclic) bond motifs is 3. The maximum Gasteiger partial charge on any atom is 0.433 e. The normalized spacial score (nSPS) is 19.0. The highest BCUT2D eigenvalue weighted by Gasteiger charge is 2.46. The van der Waals surface area contributed by atoms with Crippen molar-refractivity contribution >= 4 is 32.8 Å². The number of carbonyl (C=O) groups is 1. The van der Waals surface area contributed by atoms with E-state index in [4.69, 9.17) is 0 Å². The smallest absolute Gasteiger partial charge is 0.433 e. The fraction of sp³-hybridized carbons (Fsp3) is 0.429. The van der Waals surface area contributed by atoms with Crippen molar-refractivity contribution in [2.75, 3.05) is 17.7 Å². The second-order valence-electron chi connectivity index (χ2n) is 8.69. The number of nitrogens with zero attached hydrogens (tertiary/aromatic N) is 5. The van der Waals surface area contributed by atoms with Gasteiger partial charge >= 0.3 is 12.1 Å². The standard InChI is InChI=1S/C21H22F3N5O4S/c1-11(2)20(3)18-26-13-9-12(17(30)31)15(34(4,32)33)10-14(13)28(18)7-8-29(20)19-25-6-5-16(27-19)21(22,23)24/h5-6,9-11H,7-8H2,1-4H3,(H,30,31). The fourth-order valence-corrected chi connectivity index (χ4v) is 5.18. The van der Waals surface area contributed by atoms with Crippen LogP contribution < -0.4 is 4.90 Å². The molecular weight excluding hydrogens is 475 g/mol. The monoisotopic (exact) mass is 497 g/mol. The summed E-state index contributed by atoms with van der Waals surface area (Å²) in [6, 6.07) is 3.31. The summed E-state index contributed by atoms with van der Waals surface area (Å²) in [5.74, 6) is -1.24. The maximum atomic E-state index is 13.3. The van der Waals surface area contributed by atoms with Crippen molar-refractivity contribution in [1.29, 1.82) is 0 Å². The van der Waals surface area contributed by atoms with Gasteiger partial charge in [0.2, 0.25) is 5.95 Å². The first kappa shape index (κ1) is 23.9. The molecule has 34 heavy (non-hydrogen) atoms. The molecule has 13 heteroatoms. The first-order chi connectivity index (χ1) is 15.7. The largest absolute Gasteiger partial charge is 0.478 e. The molecule has 0 amide bonds. The van der Waals surface area contributed by atoms with Crippen molar-refractivity contribution in [1.82, 2.24) is 19.5 Å². The topological polar surface area (TPSA) is 118 Å². The zero-order chi connectivity index (χ0) is 25.2. The summed E-state index contributed by atoms with van der Waals surface area (Å²) in [5.41, 5.74) is -1.73. The highest BCUT2D eigenvalue weighted by Crippen LogP contribution is 2.42. The molecule has 0 saturated heterocycles. The molecule has 0 aliphatic carbocycles. The molecule has 0 radical (unpaired) electrons. The quantitative estimate of drug-likeness (QED) is 0.583. The average molecular weight is 497 g/mol. The molecule has 1 atom stereocenters. The van der Waals surface area contributed by atoms with Crippen LogP contribution in [0.2, 0.25) is 0 Å². The van der Waals surface area contributed by atoms with Crippen molar-refractivity contribution in [2.24, 2.45) is 5.92 Å². The molecular formula is C21H22F3N5O4S. The summed E-state index contributed by atoms with van der Waals surface area (Å²) < 4.78 is 66.2. The second-order valence-corrected chi connectivity index (χ2v) is 10.7. The number of alkyl halides is 3. The van der Waals surface area contributed by atoms with Crippen LogP contribution in [-0.4, -0.2) is 51.8 Å². The van der Waals surface area contributed by atoms with Crippen molar-refractivity contribution < 1.29 is 31.5 Å². The lowest BCUT2D eigenvalue weighted by atomic mass is 9.84. The molecule has 1 N–H and O–H groups in total. The highest BCUT2D eigenvalue weighted by atomic mass is 32.2. The van der Waals surface area contributed by atoms with E-state index in [9.17, 15) is 31.5 Å². The van der Waals surface area contributed by atoms with Crippen LogP contribution in [0, 0.1) is 5.92 Å². The number of halogens is 3. The summed E-state index contributed by atoms with van der Waals surface area (Å²) in [5, 5.41) is 9.55. The average Bonchev–Trinajstić information content (AvgIpc) is 3.11. The lowest BCUT2D eigenvalue weighted by molar-refractivity contribution is -0.141. The van der Waals surface area contributed by atoms with Crippen LogP contribution in [0.15, 0.2) is 29.3 Å². The summed E-state index contributed by atoms with van der Waals surface area (Å²) >= 11 is 0. The second kappa shape index (κ2) is 7.65. The Balaban J connectivity index is 1.96. The minimum absolute atomic E-state index is 0.104. The number of carboxylic acid groups (broad SMARTS) is 1. The third-order valence-electron chi connectivity index (χ3n) is 6.34. The van der Waals surface area contributed by atoms with E-state index >= 15 is 0 Å². The molecule has 3 aromatic rings. The van der Waals surface area contributed by atoms with E-state index in [1.54, 1.807) is 16.4 Å². The molecule has 1 unspecified atom stereocenters. The predicted octanol–water partition coefficient (Wildman–Crippen LogP) is 3.34. The molecule has 3 heterocycles. The number of imidazole rings is 1. The Morgan fingerprint density at radius 2 is 1.88 bits per heavy atom. The Kier molecular flexibility index (Phi) is 5.38. The van der Waals surface area contributed by atoms with Gasteiger partial charge in [0.05, 0.1) is 21.5 Å². The van der Waals surface area contributed by atoms with Gasteiger partial charge in [0.25, 0.3) is 0 Å². The molecule has 1 aromatic carbocycles. The zero-order valence-electron chi connectivity index (χ0n) is 18.8. The van der Waals surface area contributed by atoms with Gasteiger partial charge in [-0.05, 0) is 31.0 Å². The van der Waals surface area contributed by atoms with Gasteiger partial charge in [-0.25, -0.2) is 28.2 Å². The first-order valence-corrected chi connectivity index (χ1v) is 12.2. The van der Waals surface area contributed by atoms with E-state index in [1.165, 1.54) is 12.1 Å². The molecule has 0 bridgehead atoms. The minimum Gasteiger partial charge on any atom is -0.478 e. The summed E-state index contributed by atoms with van der Waals surface area (Å²) in [6.45, 7) is 6.03. The number of hydrogen-bond donors (Lipinski definition) is 1. The predicted molar refractivity (Wildman–Crippen MR) is 116 cm³/mol. The van der Waals surface area contributed by atoms with E-state index < -0.39 is 38.8 Å². The number of aromatic carboxylic acids is 1. The van der Waals surface area contributed by atoms with Gasteiger partial charge in [0.1, 0.15) is 17.1 Å². The SMILES string of the molecule is CC(C)C1(C)c2nc3cc(C(=O)O)c(S(C)(=O)=O)cc3n2CCN1c1nccc(C(F)(F)F)n1. The van der Waals surface area contributed by atoms with E-state index in [1.807, 2.05) is 13.8 Å². The van der Waals surface area contributed by atoms with Gasteiger partial charge in [-0.3, -0.25) is 0 Å². The number of anilines is 1. The molecule has 182 valence electrons. The van der Waals surface area contributed by atoms with Crippen LogP contribution in [-0.2, 0) is 28.1 Å². The summed E-state index contributed by atoms with van der Waals surface area (Å²) in [4.78, 5) is 25.5. The highest BCUT2D eigenvalue weighted by molar-refractivity contribution is 7.90. The van der Waals surface area contributed by atoms with Crippen LogP contribution in [0.25, 0.3) is 11.0 Å². The minimum atomic E-state index is -4.63. The van der Waals surface area contributed by atoms with Crippen molar-refractivity contribution in [3.05, 3.63) is 41.5 Å². The Morgan fingerprint density at radius 3 is 2.44 bits per heavy atom. The Bertz CT molecular complexity index is 1420. The van der Waals surface area contributed by atoms with Gasteiger partial charge in [-0.1, -0.05) is 13.8 Å². The third kappa shape index (κ3) is 3.67. The molecule has 4 rings (SSSR count). The van der Waals surface area contributed by atoms with Gasteiger partial charge in [0, 0.05) is 25.5 Å². The van der Waals surface area contributed by atoms with Crippen LogP contribution >= 0.6 is 0 Å². The number of hydrogen-bond acceptors (Lipinski definition) is 7. The van der Waals surface area contributed by atoms with Crippen molar-refractivity contribution in [3.63, 3.8) is 0 Å². The van der Waals surface area contributed by atoms with Crippen LogP contribution in [0.3, 0.4) is 0 Å². The van der Waals surface area contributed by atoms with Gasteiger partial charge < -0.3 is 14.6 Å². The number of rotatable bonds is 4.